The third-order valence-electron chi connectivity index (χ3n) is 4.52. The molecule has 0 atom stereocenters. The molecule has 0 N–H and O–H groups in total. The average Bonchev–Trinajstić information content (AvgIpc) is 2.85. The lowest BCUT2D eigenvalue weighted by Gasteiger charge is -2.19. The fourth-order valence-electron chi connectivity index (χ4n) is 3.15. The van der Waals surface area contributed by atoms with E-state index in [1.54, 1.807) is 10.6 Å². The van der Waals surface area contributed by atoms with E-state index in [1.807, 2.05) is 4.90 Å². The Balaban J connectivity index is 1.65. The number of thioether (sulfide) groups is 1. The third kappa shape index (κ3) is 5.24. The maximum absolute atomic E-state index is 13.5. The van der Waals surface area contributed by atoms with Crippen LogP contribution in [0.4, 0.5) is 4.39 Å². The van der Waals surface area contributed by atoms with E-state index < -0.39 is 0 Å². The number of nitrogens with zero attached hydrogens (tertiary/aromatic N) is 3. The molecule has 2 heterocycles. The number of rotatable bonds is 5. The molecule has 1 aliphatic heterocycles. The monoisotopic (exact) mass is 419 g/mol. The van der Waals surface area contributed by atoms with Crippen LogP contribution in [0.5, 0.6) is 0 Å². The molecule has 2 aromatic rings. The summed E-state index contributed by atoms with van der Waals surface area (Å²) in [5.41, 5.74) is 0.750. The van der Waals surface area contributed by atoms with Gasteiger partial charge in [-0.2, -0.15) is 4.99 Å². The van der Waals surface area contributed by atoms with Crippen LogP contribution in [0.25, 0.3) is 10.2 Å². The normalized spacial score (nSPS) is 15.4. The number of hydrogen-bond donors (Lipinski definition) is 0. The number of carbonyl (C=O) groups excluding carboxylic acids is 2. The predicted molar refractivity (Wildman–Crippen MR) is 112 cm³/mol. The molecule has 28 heavy (non-hydrogen) atoms. The molecule has 8 heteroatoms. The highest BCUT2D eigenvalue weighted by atomic mass is 32.2. The minimum Gasteiger partial charge on any atom is -0.342 e. The molecule has 0 bridgehead atoms. The minimum absolute atomic E-state index is 0.0828. The number of benzene rings is 1. The van der Waals surface area contributed by atoms with Crippen molar-refractivity contribution in [3.63, 3.8) is 0 Å². The molecule has 1 aromatic carbocycles. The van der Waals surface area contributed by atoms with Crippen LogP contribution in [0.2, 0.25) is 0 Å². The van der Waals surface area contributed by atoms with E-state index >= 15 is 0 Å². The largest absolute Gasteiger partial charge is 0.342 e. The van der Waals surface area contributed by atoms with Crippen LogP contribution >= 0.6 is 23.1 Å². The molecule has 0 unspecified atom stereocenters. The zero-order valence-corrected chi connectivity index (χ0v) is 17.2. The molecule has 0 aliphatic carbocycles. The first-order valence-electron chi connectivity index (χ1n) is 9.24. The Labute approximate surface area is 171 Å². The summed E-state index contributed by atoms with van der Waals surface area (Å²) in [6.07, 6.45) is 9.86. The number of thiazole rings is 1. The average molecular weight is 420 g/mol. The summed E-state index contributed by atoms with van der Waals surface area (Å²) in [5, 5.41) is 0. The van der Waals surface area contributed by atoms with E-state index in [0.29, 0.717) is 9.50 Å². The van der Waals surface area contributed by atoms with Crippen molar-refractivity contribution in [1.29, 1.82) is 0 Å². The highest BCUT2D eigenvalue weighted by Crippen LogP contribution is 2.18. The first kappa shape index (κ1) is 20.6. The highest BCUT2D eigenvalue weighted by molar-refractivity contribution is 8.00. The van der Waals surface area contributed by atoms with Gasteiger partial charge in [0.15, 0.2) is 4.80 Å². The molecule has 0 saturated carbocycles. The van der Waals surface area contributed by atoms with Crippen LogP contribution in [-0.4, -0.2) is 45.9 Å². The van der Waals surface area contributed by atoms with E-state index in [1.165, 1.54) is 48.1 Å². The summed E-state index contributed by atoms with van der Waals surface area (Å²) in [5.74, 6) is 2.35. The third-order valence-corrected chi connectivity index (χ3v) is 6.47. The van der Waals surface area contributed by atoms with Gasteiger partial charge in [0, 0.05) is 13.1 Å². The van der Waals surface area contributed by atoms with Gasteiger partial charge in [0.2, 0.25) is 5.91 Å². The summed E-state index contributed by atoms with van der Waals surface area (Å²) < 4.78 is 15.9. The molecule has 5 nitrogen and oxygen atoms in total. The zero-order chi connectivity index (χ0) is 19.9. The van der Waals surface area contributed by atoms with Gasteiger partial charge in [-0.25, -0.2) is 4.39 Å². The smallest absolute Gasteiger partial charge is 0.258 e. The molecule has 1 aromatic heterocycles. The van der Waals surface area contributed by atoms with Gasteiger partial charge in [-0.15, -0.1) is 18.2 Å². The van der Waals surface area contributed by atoms with Crippen molar-refractivity contribution in [2.45, 2.75) is 32.2 Å². The van der Waals surface area contributed by atoms with Gasteiger partial charge in [0.1, 0.15) is 5.82 Å². The second-order valence-corrected chi connectivity index (χ2v) is 8.57. The van der Waals surface area contributed by atoms with Crippen LogP contribution in [0.3, 0.4) is 0 Å². The van der Waals surface area contributed by atoms with Crippen LogP contribution in [0, 0.1) is 18.2 Å². The fourth-order valence-corrected chi connectivity index (χ4v) is 4.92. The van der Waals surface area contributed by atoms with Crippen molar-refractivity contribution in [2.24, 2.45) is 4.99 Å². The standard InChI is InChI=1S/C20H22FN3O2S2/c1-2-9-24-16-8-7-15(21)12-17(16)28-20(24)22-18(25)13-27-14-19(26)23-10-5-3-4-6-11-23/h1,7-8,12H,3-6,9-11,13-14H2. The number of likely N-dealkylation sites (tertiary alicyclic amines) is 1. The number of terminal acetylenes is 1. The predicted octanol–water partition coefficient (Wildman–Crippen LogP) is 3.04. The Kier molecular flexibility index (Phi) is 7.29. The van der Waals surface area contributed by atoms with Gasteiger partial charge in [-0.1, -0.05) is 30.1 Å². The van der Waals surface area contributed by atoms with E-state index in [-0.39, 0.29) is 35.7 Å². The molecule has 1 fully saturated rings. The van der Waals surface area contributed by atoms with Crippen molar-refractivity contribution in [3.05, 3.63) is 28.8 Å². The topological polar surface area (TPSA) is 54.7 Å². The number of hydrogen-bond acceptors (Lipinski definition) is 4. The second-order valence-electron chi connectivity index (χ2n) is 6.58. The number of halogens is 1. The molecular formula is C20H22FN3O2S2. The Morgan fingerprint density at radius 2 is 1.96 bits per heavy atom. The highest BCUT2D eigenvalue weighted by Gasteiger charge is 2.16. The van der Waals surface area contributed by atoms with Crippen LogP contribution in [0.1, 0.15) is 25.7 Å². The van der Waals surface area contributed by atoms with Crippen molar-refractivity contribution in [1.82, 2.24) is 9.47 Å². The first-order chi connectivity index (χ1) is 13.6. The van der Waals surface area contributed by atoms with Gasteiger partial charge < -0.3 is 9.47 Å². The summed E-state index contributed by atoms with van der Waals surface area (Å²) >= 11 is 2.50. The fraction of sp³-hybridized carbons (Fsp3) is 0.450. The van der Waals surface area contributed by atoms with Gasteiger partial charge >= 0.3 is 0 Å². The van der Waals surface area contributed by atoms with Gasteiger partial charge in [0.25, 0.3) is 5.91 Å². The van der Waals surface area contributed by atoms with Crippen molar-refractivity contribution in [2.75, 3.05) is 24.6 Å². The number of amides is 2. The Morgan fingerprint density at radius 3 is 2.68 bits per heavy atom. The van der Waals surface area contributed by atoms with Crippen molar-refractivity contribution < 1.29 is 14.0 Å². The molecule has 2 amide bonds. The maximum Gasteiger partial charge on any atom is 0.258 e. The van der Waals surface area contributed by atoms with Crippen LogP contribution < -0.4 is 4.80 Å². The summed E-state index contributed by atoms with van der Waals surface area (Å²) in [6, 6.07) is 4.40. The molecule has 1 aliphatic rings. The van der Waals surface area contributed by atoms with Crippen molar-refractivity contribution in [3.8, 4) is 12.3 Å². The Morgan fingerprint density at radius 1 is 1.21 bits per heavy atom. The number of carbonyl (C=O) groups is 2. The van der Waals surface area contributed by atoms with Crippen molar-refractivity contribution >= 4 is 45.1 Å². The van der Waals surface area contributed by atoms with E-state index in [2.05, 4.69) is 10.9 Å². The molecule has 148 valence electrons. The van der Waals surface area contributed by atoms with E-state index in [0.717, 1.165) is 31.4 Å². The maximum atomic E-state index is 13.5. The zero-order valence-electron chi connectivity index (χ0n) is 15.5. The molecule has 3 rings (SSSR count). The molecule has 0 radical (unpaired) electrons. The quantitative estimate of drug-likeness (QED) is 0.700. The van der Waals surface area contributed by atoms with Gasteiger partial charge in [-0.05, 0) is 31.0 Å². The second kappa shape index (κ2) is 9.89. The molecule has 0 spiro atoms. The molecule has 1 saturated heterocycles. The van der Waals surface area contributed by atoms with Crippen LogP contribution in [-0.2, 0) is 16.1 Å². The lowest BCUT2D eigenvalue weighted by Crippen LogP contribution is -2.33. The van der Waals surface area contributed by atoms with Crippen LogP contribution in [0.15, 0.2) is 23.2 Å². The minimum atomic E-state index is -0.345. The lowest BCUT2D eigenvalue weighted by molar-refractivity contribution is -0.128. The van der Waals surface area contributed by atoms with E-state index in [9.17, 15) is 14.0 Å². The first-order valence-corrected chi connectivity index (χ1v) is 11.2. The number of fused-ring (bicyclic) bond motifs is 1. The summed E-state index contributed by atoms with van der Waals surface area (Å²) in [4.78, 5) is 31.1. The van der Waals surface area contributed by atoms with Gasteiger partial charge in [0.05, 0.1) is 28.3 Å². The van der Waals surface area contributed by atoms with Gasteiger partial charge in [-0.3, -0.25) is 9.59 Å². The van der Waals surface area contributed by atoms with E-state index in [4.69, 9.17) is 6.42 Å². The lowest BCUT2D eigenvalue weighted by atomic mass is 10.2. The molecular weight excluding hydrogens is 397 g/mol. The Hall–Kier alpha value is -2.11. The number of aromatic nitrogens is 1. The summed E-state index contributed by atoms with van der Waals surface area (Å²) in [7, 11) is 0. The summed E-state index contributed by atoms with van der Waals surface area (Å²) in [6.45, 7) is 1.86. The SMILES string of the molecule is C#CCn1c(=NC(=O)CSCC(=O)N2CCCCCC2)sc2cc(F)ccc21. The Bertz CT molecular complexity index is 966.